The predicted molar refractivity (Wildman–Crippen MR) is 91.8 cm³/mol. The molecule has 1 aliphatic heterocycles. The second-order valence-corrected chi connectivity index (χ2v) is 6.44. The largest absolute Gasteiger partial charge is 0.481 e. The Kier molecular flexibility index (Phi) is 4.65. The quantitative estimate of drug-likeness (QED) is 0.940. The molecule has 1 saturated heterocycles. The first-order valence-electron chi connectivity index (χ1n) is 8.22. The third kappa shape index (κ3) is 3.32. The van der Waals surface area contributed by atoms with Gasteiger partial charge in [-0.3, -0.25) is 9.59 Å². The second kappa shape index (κ2) is 6.87. The number of hydrogen-bond donors (Lipinski definition) is 1. The van der Waals surface area contributed by atoms with E-state index in [1.807, 2.05) is 48.5 Å². The number of benzene rings is 2. The van der Waals surface area contributed by atoms with Crippen molar-refractivity contribution in [3.05, 3.63) is 71.8 Å². The molecule has 0 spiro atoms. The molecule has 1 fully saturated rings. The number of aliphatic carboxylic acids is 1. The van der Waals surface area contributed by atoms with Crippen molar-refractivity contribution in [2.75, 3.05) is 13.1 Å². The molecule has 4 nitrogen and oxygen atoms in total. The molecular formula is C20H21NO3. The van der Waals surface area contributed by atoms with Crippen LogP contribution >= 0.6 is 0 Å². The minimum absolute atomic E-state index is 0.0889. The van der Waals surface area contributed by atoms with Gasteiger partial charge in [0, 0.05) is 18.7 Å². The van der Waals surface area contributed by atoms with E-state index in [0.717, 1.165) is 5.56 Å². The maximum atomic E-state index is 12.7. The number of carbonyl (C=O) groups excluding carboxylic acids is 1. The van der Waals surface area contributed by atoms with Gasteiger partial charge < -0.3 is 10.0 Å². The Morgan fingerprint density at radius 2 is 1.62 bits per heavy atom. The van der Waals surface area contributed by atoms with Gasteiger partial charge in [-0.15, -0.1) is 0 Å². The van der Waals surface area contributed by atoms with Crippen molar-refractivity contribution in [2.45, 2.75) is 19.3 Å². The summed E-state index contributed by atoms with van der Waals surface area (Å²) in [6, 6.07) is 18.7. The van der Waals surface area contributed by atoms with Gasteiger partial charge in [0.05, 0.1) is 5.41 Å². The summed E-state index contributed by atoms with van der Waals surface area (Å²) in [5.74, 6) is -0.911. The van der Waals surface area contributed by atoms with Crippen LogP contribution in [0.25, 0.3) is 0 Å². The van der Waals surface area contributed by atoms with Crippen molar-refractivity contribution >= 4 is 11.9 Å². The van der Waals surface area contributed by atoms with E-state index in [1.54, 1.807) is 17.0 Å². The van der Waals surface area contributed by atoms with E-state index in [0.29, 0.717) is 31.4 Å². The lowest BCUT2D eigenvalue weighted by atomic mass is 9.75. The number of carboxylic acids is 1. The number of likely N-dealkylation sites (tertiary alicyclic amines) is 1. The van der Waals surface area contributed by atoms with E-state index in [-0.39, 0.29) is 12.5 Å². The van der Waals surface area contributed by atoms with Gasteiger partial charge in [-0.25, -0.2) is 0 Å². The highest BCUT2D eigenvalue weighted by atomic mass is 16.4. The number of carboxylic acid groups (broad SMARTS) is 1. The number of carbonyl (C=O) groups is 2. The predicted octanol–water partition coefficient (Wildman–Crippen LogP) is 3.24. The van der Waals surface area contributed by atoms with Crippen LogP contribution in [-0.4, -0.2) is 35.0 Å². The summed E-state index contributed by atoms with van der Waals surface area (Å²) in [6.45, 7) is 0.864. The first-order chi connectivity index (χ1) is 11.6. The van der Waals surface area contributed by atoms with Crippen molar-refractivity contribution in [1.82, 2.24) is 4.90 Å². The fourth-order valence-corrected chi connectivity index (χ4v) is 3.45. The minimum Gasteiger partial charge on any atom is -0.481 e. The molecule has 2 aromatic rings. The fraction of sp³-hybridized carbons (Fsp3) is 0.300. The SMILES string of the molecule is O=C(c1ccccc1)N1CCCC(Cc2ccccc2)(C(=O)O)C1. The maximum absolute atomic E-state index is 12.7. The molecule has 1 aliphatic rings. The Morgan fingerprint density at radius 1 is 1.00 bits per heavy atom. The normalized spacial score (nSPS) is 20.6. The van der Waals surface area contributed by atoms with Crippen LogP contribution in [0.5, 0.6) is 0 Å². The van der Waals surface area contributed by atoms with Crippen LogP contribution in [0.4, 0.5) is 0 Å². The van der Waals surface area contributed by atoms with Gasteiger partial charge in [0.15, 0.2) is 0 Å². The van der Waals surface area contributed by atoms with E-state index < -0.39 is 11.4 Å². The number of nitrogens with zero attached hydrogens (tertiary/aromatic N) is 1. The Balaban J connectivity index is 1.83. The molecule has 0 aromatic heterocycles. The first-order valence-corrected chi connectivity index (χ1v) is 8.22. The molecule has 1 unspecified atom stereocenters. The van der Waals surface area contributed by atoms with Gasteiger partial charge >= 0.3 is 5.97 Å². The summed E-state index contributed by atoms with van der Waals surface area (Å²) < 4.78 is 0. The van der Waals surface area contributed by atoms with Crippen molar-refractivity contribution < 1.29 is 14.7 Å². The molecule has 1 heterocycles. The van der Waals surface area contributed by atoms with Crippen molar-refractivity contribution in [3.63, 3.8) is 0 Å². The second-order valence-electron chi connectivity index (χ2n) is 6.44. The summed E-state index contributed by atoms with van der Waals surface area (Å²) in [5.41, 5.74) is 0.691. The molecule has 1 amide bonds. The zero-order valence-corrected chi connectivity index (χ0v) is 13.5. The van der Waals surface area contributed by atoms with Gasteiger partial charge in [-0.2, -0.15) is 0 Å². The summed E-state index contributed by atoms with van der Waals surface area (Å²) in [4.78, 5) is 26.4. The Labute approximate surface area is 141 Å². The molecule has 2 aromatic carbocycles. The van der Waals surface area contributed by atoms with E-state index in [4.69, 9.17) is 0 Å². The molecule has 0 saturated carbocycles. The lowest BCUT2D eigenvalue weighted by molar-refractivity contribution is -0.151. The third-order valence-corrected chi connectivity index (χ3v) is 4.72. The average molecular weight is 323 g/mol. The zero-order valence-electron chi connectivity index (χ0n) is 13.5. The Hall–Kier alpha value is -2.62. The summed E-state index contributed by atoms with van der Waals surface area (Å²) in [5, 5.41) is 9.88. The van der Waals surface area contributed by atoms with Crippen LogP contribution in [0.2, 0.25) is 0 Å². The van der Waals surface area contributed by atoms with E-state index in [1.165, 1.54) is 0 Å². The monoisotopic (exact) mass is 323 g/mol. The molecule has 0 bridgehead atoms. The highest BCUT2D eigenvalue weighted by Crippen LogP contribution is 2.34. The molecule has 124 valence electrons. The van der Waals surface area contributed by atoms with Crippen LogP contribution in [0.3, 0.4) is 0 Å². The molecule has 1 N–H and O–H groups in total. The first kappa shape index (κ1) is 16.2. The van der Waals surface area contributed by atoms with Gasteiger partial charge in [0.1, 0.15) is 0 Å². The summed E-state index contributed by atoms with van der Waals surface area (Å²) in [7, 11) is 0. The average Bonchev–Trinajstić information content (AvgIpc) is 2.63. The van der Waals surface area contributed by atoms with E-state index in [2.05, 4.69) is 0 Å². The van der Waals surface area contributed by atoms with E-state index >= 15 is 0 Å². The minimum atomic E-state index is -0.913. The van der Waals surface area contributed by atoms with Gasteiger partial charge in [0.25, 0.3) is 5.91 Å². The molecular weight excluding hydrogens is 302 g/mol. The molecule has 24 heavy (non-hydrogen) atoms. The van der Waals surface area contributed by atoms with Crippen LogP contribution in [0.1, 0.15) is 28.8 Å². The van der Waals surface area contributed by atoms with E-state index in [9.17, 15) is 14.7 Å². The number of hydrogen-bond acceptors (Lipinski definition) is 2. The number of amides is 1. The van der Waals surface area contributed by atoms with Crippen molar-refractivity contribution in [2.24, 2.45) is 5.41 Å². The van der Waals surface area contributed by atoms with Crippen LogP contribution in [0, 0.1) is 5.41 Å². The van der Waals surface area contributed by atoms with Crippen molar-refractivity contribution in [3.8, 4) is 0 Å². The Morgan fingerprint density at radius 3 is 2.25 bits per heavy atom. The lowest BCUT2D eigenvalue weighted by Crippen LogP contribution is -2.51. The molecule has 1 atom stereocenters. The maximum Gasteiger partial charge on any atom is 0.311 e. The highest BCUT2D eigenvalue weighted by molar-refractivity contribution is 5.94. The fourth-order valence-electron chi connectivity index (χ4n) is 3.45. The van der Waals surface area contributed by atoms with Crippen LogP contribution in [0.15, 0.2) is 60.7 Å². The van der Waals surface area contributed by atoms with Crippen LogP contribution < -0.4 is 0 Å². The smallest absolute Gasteiger partial charge is 0.311 e. The summed E-state index contributed by atoms with van der Waals surface area (Å²) >= 11 is 0. The van der Waals surface area contributed by atoms with Crippen molar-refractivity contribution in [1.29, 1.82) is 0 Å². The third-order valence-electron chi connectivity index (χ3n) is 4.72. The lowest BCUT2D eigenvalue weighted by Gasteiger charge is -2.40. The number of rotatable bonds is 4. The Bertz CT molecular complexity index is 714. The topological polar surface area (TPSA) is 57.6 Å². The zero-order chi connectivity index (χ0) is 17.0. The number of piperidine rings is 1. The van der Waals surface area contributed by atoms with Crippen LogP contribution in [-0.2, 0) is 11.2 Å². The standard InChI is InChI=1S/C20H21NO3/c22-18(17-10-5-2-6-11-17)21-13-7-12-20(15-21,19(23)24)14-16-8-3-1-4-9-16/h1-6,8-11H,7,12-15H2,(H,23,24). The molecule has 0 aliphatic carbocycles. The summed E-state index contributed by atoms with van der Waals surface area (Å²) in [6.07, 6.45) is 1.75. The van der Waals surface area contributed by atoms with Gasteiger partial charge in [-0.05, 0) is 37.0 Å². The van der Waals surface area contributed by atoms with Gasteiger partial charge in [0.2, 0.25) is 0 Å². The molecule has 0 radical (unpaired) electrons. The molecule has 3 rings (SSSR count). The molecule has 4 heteroatoms. The highest BCUT2D eigenvalue weighted by Gasteiger charge is 2.43. The van der Waals surface area contributed by atoms with Gasteiger partial charge in [-0.1, -0.05) is 48.5 Å².